The quantitative estimate of drug-likeness (QED) is 0.900. The Labute approximate surface area is 119 Å². The summed E-state index contributed by atoms with van der Waals surface area (Å²) < 4.78 is 0. The molecule has 1 aromatic heterocycles. The van der Waals surface area contributed by atoms with Gasteiger partial charge in [-0.1, -0.05) is 19.3 Å². The van der Waals surface area contributed by atoms with Crippen LogP contribution in [0.5, 0.6) is 0 Å². The number of aromatic nitrogens is 1. The molecule has 1 aromatic rings. The van der Waals surface area contributed by atoms with E-state index in [1.165, 1.54) is 32.1 Å². The van der Waals surface area contributed by atoms with Crippen LogP contribution in [0.1, 0.15) is 48.2 Å². The van der Waals surface area contributed by atoms with E-state index >= 15 is 0 Å². The van der Waals surface area contributed by atoms with Crippen molar-refractivity contribution in [2.24, 2.45) is 11.8 Å². The van der Waals surface area contributed by atoms with Gasteiger partial charge in [0, 0.05) is 13.1 Å². The lowest BCUT2D eigenvalue weighted by molar-refractivity contribution is 0.0695. The van der Waals surface area contributed by atoms with E-state index in [0.29, 0.717) is 11.3 Å². The molecular weight excluding hydrogens is 252 g/mol. The first-order valence-corrected chi connectivity index (χ1v) is 7.61. The molecule has 1 N–H and O–H groups in total. The van der Waals surface area contributed by atoms with Crippen molar-refractivity contribution in [3.63, 3.8) is 0 Å². The molecule has 0 bridgehead atoms. The van der Waals surface area contributed by atoms with Gasteiger partial charge in [0.2, 0.25) is 0 Å². The molecule has 4 nitrogen and oxygen atoms in total. The van der Waals surface area contributed by atoms with Crippen LogP contribution in [0.3, 0.4) is 0 Å². The summed E-state index contributed by atoms with van der Waals surface area (Å²) in [6.07, 6.45) is 6.74. The number of carboxylic acid groups (broad SMARTS) is 1. The van der Waals surface area contributed by atoms with Crippen LogP contribution in [0.25, 0.3) is 0 Å². The van der Waals surface area contributed by atoms with Gasteiger partial charge in [-0.2, -0.15) is 0 Å². The van der Waals surface area contributed by atoms with Crippen molar-refractivity contribution in [1.29, 1.82) is 0 Å². The molecule has 2 unspecified atom stereocenters. The molecule has 1 saturated carbocycles. The Hall–Kier alpha value is -1.58. The molecule has 2 fully saturated rings. The standard InChI is InChI=1S/C16H22N2O2/c1-11-14(16(19)20)6-7-15(17-11)18-9-8-12-4-2-3-5-13(12)10-18/h6-7,12-13H,2-5,8-10H2,1H3,(H,19,20). The summed E-state index contributed by atoms with van der Waals surface area (Å²) in [5, 5.41) is 9.07. The number of carboxylic acids is 1. The van der Waals surface area contributed by atoms with Gasteiger partial charge >= 0.3 is 5.97 Å². The zero-order valence-corrected chi connectivity index (χ0v) is 12.0. The third kappa shape index (κ3) is 2.51. The van der Waals surface area contributed by atoms with Gasteiger partial charge in [0.05, 0.1) is 11.3 Å². The Morgan fingerprint density at radius 3 is 2.70 bits per heavy atom. The van der Waals surface area contributed by atoms with E-state index in [1.807, 2.05) is 6.07 Å². The number of hydrogen-bond donors (Lipinski definition) is 1. The number of fused-ring (bicyclic) bond motifs is 1. The minimum atomic E-state index is -0.896. The number of aromatic carboxylic acids is 1. The van der Waals surface area contributed by atoms with Crippen molar-refractivity contribution in [1.82, 2.24) is 4.98 Å². The molecule has 1 aliphatic heterocycles. The first-order valence-electron chi connectivity index (χ1n) is 7.61. The Kier molecular flexibility index (Phi) is 3.64. The predicted molar refractivity (Wildman–Crippen MR) is 78.2 cm³/mol. The molecule has 0 amide bonds. The highest BCUT2D eigenvalue weighted by molar-refractivity contribution is 5.89. The van der Waals surface area contributed by atoms with Gasteiger partial charge in [-0.25, -0.2) is 9.78 Å². The molecule has 2 aliphatic rings. The van der Waals surface area contributed by atoms with Crippen LogP contribution < -0.4 is 4.90 Å². The monoisotopic (exact) mass is 274 g/mol. The largest absolute Gasteiger partial charge is 0.478 e. The molecule has 1 aliphatic carbocycles. The minimum absolute atomic E-state index is 0.307. The number of nitrogens with zero attached hydrogens (tertiary/aromatic N) is 2. The summed E-state index contributed by atoms with van der Waals surface area (Å²) in [6.45, 7) is 3.92. The van der Waals surface area contributed by atoms with E-state index in [1.54, 1.807) is 13.0 Å². The minimum Gasteiger partial charge on any atom is -0.478 e. The van der Waals surface area contributed by atoms with E-state index in [9.17, 15) is 4.79 Å². The van der Waals surface area contributed by atoms with Crippen LogP contribution in [0.2, 0.25) is 0 Å². The van der Waals surface area contributed by atoms with E-state index in [4.69, 9.17) is 5.11 Å². The summed E-state index contributed by atoms with van der Waals surface area (Å²) in [5.41, 5.74) is 0.919. The van der Waals surface area contributed by atoms with Crippen molar-refractivity contribution in [2.75, 3.05) is 18.0 Å². The Morgan fingerprint density at radius 2 is 2.00 bits per heavy atom. The first kappa shape index (κ1) is 13.4. The zero-order valence-electron chi connectivity index (χ0n) is 12.0. The van der Waals surface area contributed by atoms with Crippen molar-refractivity contribution in [3.8, 4) is 0 Å². The fourth-order valence-electron chi connectivity index (χ4n) is 3.76. The van der Waals surface area contributed by atoms with Crippen molar-refractivity contribution in [3.05, 3.63) is 23.4 Å². The highest BCUT2D eigenvalue weighted by atomic mass is 16.4. The normalized spacial score (nSPS) is 26.1. The molecule has 2 atom stereocenters. The molecule has 3 rings (SSSR count). The molecule has 108 valence electrons. The average molecular weight is 274 g/mol. The molecule has 20 heavy (non-hydrogen) atoms. The van der Waals surface area contributed by atoms with Gasteiger partial charge in [-0.15, -0.1) is 0 Å². The topological polar surface area (TPSA) is 53.4 Å². The maximum absolute atomic E-state index is 11.0. The molecule has 0 spiro atoms. The molecule has 4 heteroatoms. The van der Waals surface area contributed by atoms with E-state index < -0.39 is 5.97 Å². The van der Waals surface area contributed by atoms with Crippen molar-refractivity contribution >= 4 is 11.8 Å². The fraction of sp³-hybridized carbons (Fsp3) is 0.625. The lowest BCUT2D eigenvalue weighted by Crippen LogP contribution is -2.42. The predicted octanol–water partition coefficient (Wildman–Crippen LogP) is 3.10. The summed E-state index contributed by atoms with van der Waals surface area (Å²) in [4.78, 5) is 17.9. The lowest BCUT2D eigenvalue weighted by Gasteiger charge is -2.41. The van der Waals surface area contributed by atoms with Crippen LogP contribution >= 0.6 is 0 Å². The van der Waals surface area contributed by atoms with Crippen LogP contribution in [-0.4, -0.2) is 29.1 Å². The molecule has 0 radical (unpaired) electrons. The van der Waals surface area contributed by atoms with Gasteiger partial charge in [-0.05, 0) is 43.7 Å². The van der Waals surface area contributed by atoms with Crippen molar-refractivity contribution < 1.29 is 9.90 Å². The maximum atomic E-state index is 11.0. The number of anilines is 1. The highest BCUT2D eigenvalue weighted by Gasteiger charge is 2.31. The third-order valence-corrected chi connectivity index (χ3v) is 4.92. The SMILES string of the molecule is Cc1nc(N2CCC3CCCCC3C2)ccc1C(=O)O. The number of hydrogen-bond acceptors (Lipinski definition) is 3. The van der Waals surface area contributed by atoms with Gasteiger partial charge in [0.1, 0.15) is 5.82 Å². The number of rotatable bonds is 2. The first-order chi connectivity index (χ1) is 9.65. The van der Waals surface area contributed by atoms with Crippen molar-refractivity contribution in [2.45, 2.75) is 39.0 Å². The number of carbonyl (C=O) groups is 1. The van der Waals surface area contributed by atoms with E-state index in [-0.39, 0.29) is 0 Å². The summed E-state index contributed by atoms with van der Waals surface area (Å²) in [5.74, 6) is 1.75. The Bertz CT molecular complexity index is 515. The zero-order chi connectivity index (χ0) is 14.1. The van der Waals surface area contributed by atoms with E-state index in [2.05, 4.69) is 9.88 Å². The van der Waals surface area contributed by atoms with E-state index in [0.717, 1.165) is 30.7 Å². The number of pyridine rings is 1. The second-order valence-electron chi connectivity index (χ2n) is 6.15. The number of aryl methyl sites for hydroxylation is 1. The fourth-order valence-corrected chi connectivity index (χ4v) is 3.76. The smallest absolute Gasteiger partial charge is 0.337 e. The Balaban J connectivity index is 1.76. The van der Waals surface area contributed by atoms with Crippen LogP contribution in [0, 0.1) is 18.8 Å². The second kappa shape index (κ2) is 5.43. The van der Waals surface area contributed by atoms with Gasteiger partial charge in [-0.3, -0.25) is 0 Å². The summed E-state index contributed by atoms with van der Waals surface area (Å²) in [7, 11) is 0. The lowest BCUT2D eigenvalue weighted by atomic mass is 9.75. The van der Waals surface area contributed by atoms with Gasteiger partial charge in [0.15, 0.2) is 0 Å². The summed E-state index contributed by atoms with van der Waals surface area (Å²) in [6, 6.07) is 3.55. The number of piperidine rings is 1. The highest BCUT2D eigenvalue weighted by Crippen LogP contribution is 2.37. The molecule has 2 heterocycles. The average Bonchev–Trinajstić information content (AvgIpc) is 2.46. The van der Waals surface area contributed by atoms with Crippen LogP contribution in [0.15, 0.2) is 12.1 Å². The van der Waals surface area contributed by atoms with Gasteiger partial charge < -0.3 is 10.0 Å². The Morgan fingerprint density at radius 1 is 1.25 bits per heavy atom. The molecular formula is C16H22N2O2. The van der Waals surface area contributed by atoms with Crippen LogP contribution in [-0.2, 0) is 0 Å². The second-order valence-corrected chi connectivity index (χ2v) is 6.15. The third-order valence-electron chi connectivity index (χ3n) is 4.92. The van der Waals surface area contributed by atoms with Crippen LogP contribution in [0.4, 0.5) is 5.82 Å². The van der Waals surface area contributed by atoms with Gasteiger partial charge in [0.25, 0.3) is 0 Å². The summed E-state index contributed by atoms with van der Waals surface area (Å²) >= 11 is 0. The molecule has 1 saturated heterocycles. The molecule has 0 aromatic carbocycles. The maximum Gasteiger partial charge on any atom is 0.337 e.